The Morgan fingerprint density at radius 2 is 1.85 bits per heavy atom. The molecule has 1 unspecified atom stereocenters. The van der Waals surface area contributed by atoms with Crippen LogP contribution in [0.15, 0.2) is 36.4 Å². The van der Waals surface area contributed by atoms with Crippen molar-refractivity contribution in [2.45, 2.75) is 44.4 Å². The maximum absolute atomic E-state index is 13.3. The van der Waals surface area contributed by atoms with E-state index in [-0.39, 0.29) is 24.3 Å². The van der Waals surface area contributed by atoms with E-state index < -0.39 is 16.8 Å². The molecule has 0 spiro atoms. The Kier molecular flexibility index (Phi) is 8.13. The second-order valence-electron chi connectivity index (χ2n) is 8.11. The molecule has 1 aliphatic rings. The Bertz CT molecular complexity index is 970. The normalized spacial score (nSPS) is 19.2. The molecule has 3 rings (SSSR count). The molecule has 2 aromatic rings. The summed E-state index contributed by atoms with van der Waals surface area (Å²) in [5.41, 5.74) is 0.278. The van der Waals surface area contributed by atoms with Crippen LogP contribution in [0, 0.1) is 0 Å². The SMILES string of the molecule is COc1ccc([C@H]2CCCC(C)N2CCN(C=O)c2ccc(Cl)c(C(F)(F)F)c2)cc1OC. The van der Waals surface area contributed by atoms with Crippen molar-refractivity contribution in [3.63, 3.8) is 0 Å². The molecule has 33 heavy (non-hydrogen) atoms. The zero-order chi connectivity index (χ0) is 24.2. The number of anilines is 1. The van der Waals surface area contributed by atoms with E-state index >= 15 is 0 Å². The van der Waals surface area contributed by atoms with Crippen molar-refractivity contribution in [3.05, 3.63) is 52.5 Å². The van der Waals surface area contributed by atoms with Crippen LogP contribution in [0.1, 0.15) is 43.4 Å². The van der Waals surface area contributed by atoms with Crippen molar-refractivity contribution in [1.82, 2.24) is 4.90 Å². The van der Waals surface area contributed by atoms with E-state index in [1.807, 2.05) is 18.2 Å². The summed E-state index contributed by atoms with van der Waals surface area (Å²) >= 11 is 5.73. The first kappa shape index (κ1) is 25.2. The lowest BCUT2D eigenvalue weighted by Gasteiger charge is -2.41. The Morgan fingerprint density at radius 3 is 2.48 bits per heavy atom. The number of amides is 1. The third-order valence-electron chi connectivity index (χ3n) is 6.17. The fourth-order valence-electron chi connectivity index (χ4n) is 4.41. The summed E-state index contributed by atoms with van der Waals surface area (Å²) in [4.78, 5) is 15.4. The predicted molar refractivity (Wildman–Crippen MR) is 122 cm³/mol. The monoisotopic (exact) mass is 484 g/mol. The maximum atomic E-state index is 13.3. The van der Waals surface area contributed by atoms with Crippen LogP contribution >= 0.6 is 11.6 Å². The van der Waals surface area contributed by atoms with Crippen LogP contribution in [0.5, 0.6) is 11.5 Å². The number of carbonyl (C=O) groups is 1. The van der Waals surface area contributed by atoms with E-state index in [4.69, 9.17) is 21.1 Å². The number of methoxy groups -OCH3 is 2. The van der Waals surface area contributed by atoms with Gasteiger partial charge in [-0.15, -0.1) is 0 Å². The van der Waals surface area contributed by atoms with Crippen LogP contribution in [0.2, 0.25) is 5.02 Å². The van der Waals surface area contributed by atoms with Crippen LogP contribution < -0.4 is 14.4 Å². The highest BCUT2D eigenvalue weighted by molar-refractivity contribution is 6.31. The predicted octanol–water partition coefficient (Wildman–Crippen LogP) is 5.95. The van der Waals surface area contributed by atoms with E-state index in [0.717, 1.165) is 30.9 Å². The van der Waals surface area contributed by atoms with Crippen molar-refractivity contribution in [2.24, 2.45) is 0 Å². The van der Waals surface area contributed by atoms with Crippen molar-refractivity contribution in [3.8, 4) is 11.5 Å². The molecular formula is C24H28ClF3N2O3. The number of likely N-dealkylation sites (tertiary alicyclic amines) is 1. The molecule has 0 aromatic heterocycles. The van der Waals surface area contributed by atoms with Gasteiger partial charge < -0.3 is 14.4 Å². The summed E-state index contributed by atoms with van der Waals surface area (Å²) in [5.74, 6) is 1.29. The molecule has 0 N–H and O–H groups in total. The van der Waals surface area contributed by atoms with Crippen molar-refractivity contribution in [1.29, 1.82) is 0 Å². The van der Waals surface area contributed by atoms with Crippen LogP contribution in [-0.2, 0) is 11.0 Å². The van der Waals surface area contributed by atoms with Crippen molar-refractivity contribution >= 4 is 23.7 Å². The lowest BCUT2D eigenvalue weighted by atomic mass is 9.91. The van der Waals surface area contributed by atoms with Crippen LogP contribution in [0.3, 0.4) is 0 Å². The topological polar surface area (TPSA) is 42.0 Å². The molecule has 1 heterocycles. The van der Waals surface area contributed by atoms with Gasteiger partial charge in [0, 0.05) is 30.9 Å². The zero-order valence-electron chi connectivity index (χ0n) is 18.9. The Balaban J connectivity index is 1.82. The van der Waals surface area contributed by atoms with E-state index in [1.54, 1.807) is 14.2 Å². The molecule has 1 amide bonds. The lowest BCUT2D eigenvalue weighted by molar-refractivity contribution is -0.137. The average molecular weight is 485 g/mol. The molecule has 9 heteroatoms. The van der Waals surface area contributed by atoms with E-state index in [9.17, 15) is 18.0 Å². The number of ether oxygens (including phenoxy) is 2. The Morgan fingerprint density at radius 1 is 1.12 bits per heavy atom. The standard InChI is InChI=1S/C24H28ClF3N2O3/c1-16-5-4-6-21(17-7-10-22(32-2)23(13-17)33-3)30(16)12-11-29(15-31)18-8-9-20(25)19(14-18)24(26,27)28/h7-10,13-16,21H,4-6,11-12H2,1-3H3/t16?,21-/m1/s1. The smallest absolute Gasteiger partial charge is 0.417 e. The van der Waals surface area contributed by atoms with Gasteiger partial charge in [0.15, 0.2) is 11.5 Å². The van der Waals surface area contributed by atoms with Gasteiger partial charge in [-0.3, -0.25) is 9.69 Å². The molecule has 1 fully saturated rings. The summed E-state index contributed by atoms with van der Waals surface area (Å²) in [7, 11) is 3.17. The number of hydrogen-bond donors (Lipinski definition) is 0. The second-order valence-corrected chi connectivity index (χ2v) is 8.52. The molecule has 0 bridgehead atoms. The molecule has 2 atom stereocenters. The maximum Gasteiger partial charge on any atom is 0.417 e. The first-order chi connectivity index (χ1) is 15.7. The minimum absolute atomic E-state index is 0.0954. The van der Waals surface area contributed by atoms with Gasteiger partial charge in [0.05, 0.1) is 24.8 Å². The molecule has 0 aliphatic carbocycles. The molecule has 0 radical (unpaired) electrons. The zero-order valence-corrected chi connectivity index (χ0v) is 19.6. The van der Waals surface area contributed by atoms with Crippen molar-refractivity contribution in [2.75, 3.05) is 32.2 Å². The first-order valence-corrected chi connectivity index (χ1v) is 11.1. The molecule has 1 saturated heterocycles. The molecule has 2 aromatic carbocycles. The van der Waals surface area contributed by atoms with Gasteiger partial charge in [-0.05, 0) is 55.7 Å². The Labute approximate surface area is 197 Å². The summed E-state index contributed by atoms with van der Waals surface area (Å²) in [6, 6.07) is 9.70. The van der Waals surface area contributed by atoms with Crippen LogP contribution in [-0.4, -0.2) is 44.7 Å². The number of alkyl halides is 3. The first-order valence-electron chi connectivity index (χ1n) is 10.8. The van der Waals surface area contributed by atoms with E-state index in [2.05, 4.69) is 11.8 Å². The number of piperidine rings is 1. The fourth-order valence-corrected chi connectivity index (χ4v) is 4.64. The van der Waals surface area contributed by atoms with Gasteiger partial charge in [-0.2, -0.15) is 13.2 Å². The fraction of sp³-hybridized carbons (Fsp3) is 0.458. The summed E-state index contributed by atoms with van der Waals surface area (Å²) in [6.45, 7) is 2.88. The summed E-state index contributed by atoms with van der Waals surface area (Å²) in [5, 5.41) is -0.393. The van der Waals surface area contributed by atoms with Gasteiger partial charge in [0.1, 0.15) is 0 Å². The average Bonchev–Trinajstić information content (AvgIpc) is 2.79. The lowest BCUT2D eigenvalue weighted by Crippen LogP contribution is -2.44. The number of benzene rings is 2. The highest BCUT2D eigenvalue weighted by atomic mass is 35.5. The minimum Gasteiger partial charge on any atom is -0.493 e. The number of hydrogen-bond acceptors (Lipinski definition) is 4. The number of halogens is 4. The molecule has 5 nitrogen and oxygen atoms in total. The van der Waals surface area contributed by atoms with E-state index in [0.29, 0.717) is 24.5 Å². The van der Waals surface area contributed by atoms with Gasteiger partial charge in [-0.25, -0.2) is 0 Å². The second kappa shape index (κ2) is 10.7. The highest BCUT2D eigenvalue weighted by Crippen LogP contribution is 2.39. The summed E-state index contributed by atoms with van der Waals surface area (Å²) < 4.78 is 50.6. The van der Waals surface area contributed by atoms with Gasteiger partial charge in [-0.1, -0.05) is 24.1 Å². The third kappa shape index (κ3) is 5.73. The minimum atomic E-state index is -4.60. The van der Waals surface area contributed by atoms with Crippen LogP contribution in [0.4, 0.5) is 18.9 Å². The molecule has 0 saturated carbocycles. The number of carbonyl (C=O) groups excluding carboxylic acids is 1. The molecule has 1 aliphatic heterocycles. The van der Waals surface area contributed by atoms with Gasteiger partial charge >= 0.3 is 6.18 Å². The number of rotatable bonds is 8. The van der Waals surface area contributed by atoms with Gasteiger partial charge in [0.2, 0.25) is 6.41 Å². The van der Waals surface area contributed by atoms with Crippen LogP contribution in [0.25, 0.3) is 0 Å². The quantitative estimate of drug-likeness (QED) is 0.434. The summed E-state index contributed by atoms with van der Waals surface area (Å²) in [6.07, 6.45) is -1.05. The van der Waals surface area contributed by atoms with Crippen molar-refractivity contribution < 1.29 is 27.4 Å². The van der Waals surface area contributed by atoms with Gasteiger partial charge in [0.25, 0.3) is 0 Å². The molecule has 180 valence electrons. The van der Waals surface area contributed by atoms with E-state index in [1.165, 1.54) is 17.0 Å². The molecular weight excluding hydrogens is 457 g/mol. The number of nitrogens with zero attached hydrogens (tertiary/aromatic N) is 2. The third-order valence-corrected chi connectivity index (χ3v) is 6.50. The largest absolute Gasteiger partial charge is 0.493 e. The Hall–Kier alpha value is -2.45. The highest BCUT2D eigenvalue weighted by Gasteiger charge is 2.34.